The summed E-state index contributed by atoms with van der Waals surface area (Å²) in [5.41, 5.74) is 0.373. The second kappa shape index (κ2) is 7.32. The Bertz CT molecular complexity index is 616. The molecule has 4 atom stereocenters. The van der Waals surface area contributed by atoms with E-state index in [0.29, 0.717) is 30.0 Å². The zero-order chi connectivity index (χ0) is 16.8. The minimum atomic E-state index is -0.898. The van der Waals surface area contributed by atoms with Crippen molar-refractivity contribution in [2.24, 2.45) is 16.3 Å². The molecule has 3 aliphatic rings. The van der Waals surface area contributed by atoms with E-state index in [-0.39, 0.29) is 24.0 Å². The normalized spacial score (nSPS) is 32.0. The molecule has 140 valence electrons. The Morgan fingerprint density at radius 3 is 2.92 bits per heavy atom. The fourth-order valence-electron chi connectivity index (χ4n) is 4.73. The number of aliphatic hydroxyl groups is 1. The lowest BCUT2D eigenvalue weighted by Crippen LogP contribution is -2.72. The third kappa shape index (κ3) is 3.21. The first-order valence-corrected chi connectivity index (χ1v) is 9.85. The van der Waals surface area contributed by atoms with Crippen molar-refractivity contribution < 1.29 is 9.84 Å². The smallest absolute Gasteiger partial charge is 0.191 e. The molecule has 1 aromatic heterocycles. The Hall–Kier alpha value is -0.380. The van der Waals surface area contributed by atoms with E-state index in [9.17, 15) is 5.11 Å². The van der Waals surface area contributed by atoms with Crippen LogP contribution in [0.1, 0.15) is 38.2 Å². The van der Waals surface area contributed by atoms with Crippen LogP contribution >= 0.6 is 35.3 Å². The van der Waals surface area contributed by atoms with Crippen LogP contribution in [-0.4, -0.2) is 43.4 Å². The van der Waals surface area contributed by atoms with Gasteiger partial charge in [-0.15, -0.1) is 24.0 Å². The first kappa shape index (κ1) is 19.4. The fourth-order valence-corrected chi connectivity index (χ4v) is 5.51. The quantitative estimate of drug-likeness (QED) is 0.355. The average Bonchev–Trinajstić information content (AvgIpc) is 3.16. The molecule has 2 heterocycles. The van der Waals surface area contributed by atoms with E-state index in [0.717, 1.165) is 24.6 Å². The predicted octanol–water partition coefficient (Wildman–Crippen LogP) is 2.70. The lowest BCUT2D eigenvalue weighted by atomic mass is 9.46. The minimum absolute atomic E-state index is 0. The maximum absolute atomic E-state index is 10.7. The highest BCUT2D eigenvalue weighted by Gasteiger charge is 2.66. The van der Waals surface area contributed by atoms with Crippen molar-refractivity contribution >= 4 is 41.3 Å². The lowest BCUT2D eigenvalue weighted by Gasteiger charge is -2.63. The molecular formula is C18H28IN3O2S. The Kier molecular flexibility index (Phi) is 5.68. The molecule has 4 unspecified atom stereocenters. The van der Waals surface area contributed by atoms with Crippen LogP contribution in [0.2, 0.25) is 0 Å². The lowest BCUT2D eigenvalue weighted by molar-refractivity contribution is -0.171. The highest BCUT2D eigenvalue weighted by molar-refractivity contribution is 14.0. The number of aliphatic imine (C=N–C) groups is 1. The highest BCUT2D eigenvalue weighted by atomic mass is 127. The molecule has 1 spiro atoms. The summed E-state index contributed by atoms with van der Waals surface area (Å²) in [5, 5.41) is 21.6. The van der Waals surface area contributed by atoms with Gasteiger partial charge in [-0.2, -0.15) is 11.3 Å². The molecule has 3 fully saturated rings. The molecule has 1 aromatic rings. The maximum atomic E-state index is 10.7. The number of hydrogen-bond donors (Lipinski definition) is 3. The van der Waals surface area contributed by atoms with Crippen molar-refractivity contribution in [2.75, 3.05) is 20.2 Å². The number of nitrogens with one attached hydrogen (secondary N) is 2. The van der Waals surface area contributed by atoms with Gasteiger partial charge in [0.05, 0.1) is 12.6 Å². The van der Waals surface area contributed by atoms with Gasteiger partial charge in [0.2, 0.25) is 0 Å². The molecule has 4 rings (SSSR count). The number of thiophene rings is 1. The molecule has 5 nitrogen and oxygen atoms in total. The number of nitrogens with zero attached hydrogens (tertiary/aromatic N) is 1. The van der Waals surface area contributed by atoms with E-state index in [1.165, 1.54) is 19.3 Å². The van der Waals surface area contributed by atoms with Crippen LogP contribution < -0.4 is 10.6 Å². The number of fused-ring (bicyclic) bond motifs is 2. The SMILES string of the molecule is CN=C(NCC(C)(O)c1ccsc1)NC1C2CCOC2C12CCC2.I. The molecule has 0 radical (unpaired) electrons. The molecule has 1 saturated heterocycles. The van der Waals surface area contributed by atoms with Gasteiger partial charge in [0, 0.05) is 31.0 Å². The summed E-state index contributed by atoms with van der Waals surface area (Å²) in [5.74, 6) is 1.40. The van der Waals surface area contributed by atoms with Gasteiger partial charge >= 0.3 is 0 Å². The molecule has 0 aromatic carbocycles. The molecule has 2 aliphatic carbocycles. The van der Waals surface area contributed by atoms with Gasteiger partial charge in [0.1, 0.15) is 5.60 Å². The Morgan fingerprint density at radius 2 is 2.32 bits per heavy atom. The van der Waals surface area contributed by atoms with Crippen molar-refractivity contribution in [1.82, 2.24) is 10.6 Å². The van der Waals surface area contributed by atoms with Crippen LogP contribution in [0.15, 0.2) is 21.8 Å². The van der Waals surface area contributed by atoms with Gasteiger partial charge in [-0.3, -0.25) is 4.99 Å². The van der Waals surface area contributed by atoms with Gasteiger partial charge in [-0.1, -0.05) is 6.42 Å². The number of ether oxygens (including phenoxy) is 1. The first-order valence-electron chi connectivity index (χ1n) is 8.91. The second-order valence-electron chi connectivity index (χ2n) is 7.66. The number of guanidine groups is 1. The highest BCUT2D eigenvalue weighted by Crippen LogP contribution is 2.62. The standard InChI is InChI=1S/C18H27N3O2S.HI/c1-17(22,12-5-9-24-10-12)11-20-16(19-2)21-14-13-4-8-23-15(13)18(14)6-3-7-18;/h5,9-10,13-15,22H,3-4,6-8,11H2,1-2H3,(H2,19,20,21);1H. The van der Waals surface area contributed by atoms with Crippen molar-refractivity contribution in [1.29, 1.82) is 0 Å². The summed E-state index contributed by atoms with van der Waals surface area (Å²) in [6.07, 6.45) is 5.43. The predicted molar refractivity (Wildman–Crippen MR) is 112 cm³/mol. The summed E-state index contributed by atoms with van der Waals surface area (Å²) < 4.78 is 5.98. The Balaban J connectivity index is 0.00000182. The van der Waals surface area contributed by atoms with Crippen LogP contribution in [0.5, 0.6) is 0 Å². The van der Waals surface area contributed by atoms with E-state index in [1.54, 1.807) is 18.4 Å². The maximum Gasteiger partial charge on any atom is 0.191 e. The third-order valence-corrected chi connectivity index (χ3v) is 6.98. The van der Waals surface area contributed by atoms with Gasteiger partial charge in [0.25, 0.3) is 0 Å². The average molecular weight is 477 g/mol. The molecule has 25 heavy (non-hydrogen) atoms. The summed E-state index contributed by atoms with van der Waals surface area (Å²) in [6.45, 7) is 3.18. The largest absolute Gasteiger partial charge is 0.384 e. The third-order valence-electron chi connectivity index (χ3n) is 6.30. The molecule has 1 aliphatic heterocycles. The van der Waals surface area contributed by atoms with Crippen molar-refractivity contribution in [3.05, 3.63) is 22.4 Å². The van der Waals surface area contributed by atoms with Crippen molar-refractivity contribution in [2.45, 2.75) is 50.4 Å². The molecule has 0 bridgehead atoms. The summed E-state index contributed by atoms with van der Waals surface area (Å²) in [7, 11) is 1.80. The number of halogens is 1. The van der Waals surface area contributed by atoms with E-state index in [4.69, 9.17) is 4.74 Å². The van der Waals surface area contributed by atoms with Gasteiger partial charge in [-0.25, -0.2) is 0 Å². The van der Waals surface area contributed by atoms with Gasteiger partial charge < -0.3 is 20.5 Å². The summed E-state index contributed by atoms with van der Waals surface area (Å²) >= 11 is 1.60. The molecule has 7 heteroatoms. The zero-order valence-electron chi connectivity index (χ0n) is 14.8. The Morgan fingerprint density at radius 1 is 1.52 bits per heavy atom. The fraction of sp³-hybridized carbons (Fsp3) is 0.722. The topological polar surface area (TPSA) is 65.9 Å². The van der Waals surface area contributed by atoms with E-state index in [2.05, 4.69) is 15.6 Å². The molecule has 0 amide bonds. The molecule has 2 saturated carbocycles. The molecule has 3 N–H and O–H groups in total. The van der Waals surface area contributed by atoms with Crippen LogP contribution in [-0.2, 0) is 10.3 Å². The minimum Gasteiger partial charge on any atom is -0.384 e. The second-order valence-corrected chi connectivity index (χ2v) is 8.44. The van der Waals surface area contributed by atoms with Gasteiger partial charge in [0.15, 0.2) is 5.96 Å². The monoisotopic (exact) mass is 477 g/mol. The zero-order valence-corrected chi connectivity index (χ0v) is 18.0. The van der Waals surface area contributed by atoms with Crippen molar-refractivity contribution in [3.8, 4) is 0 Å². The van der Waals surface area contributed by atoms with E-state index in [1.807, 2.05) is 23.8 Å². The van der Waals surface area contributed by atoms with Crippen LogP contribution in [0, 0.1) is 11.3 Å². The van der Waals surface area contributed by atoms with Crippen molar-refractivity contribution in [3.63, 3.8) is 0 Å². The van der Waals surface area contributed by atoms with Gasteiger partial charge in [-0.05, 0) is 48.6 Å². The summed E-state index contributed by atoms with van der Waals surface area (Å²) in [6, 6.07) is 2.43. The Labute approximate surface area is 170 Å². The van der Waals surface area contributed by atoms with E-state index < -0.39 is 5.60 Å². The summed E-state index contributed by atoms with van der Waals surface area (Å²) in [4.78, 5) is 4.38. The van der Waals surface area contributed by atoms with Crippen LogP contribution in [0.3, 0.4) is 0 Å². The van der Waals surface area contributed by atoms with E-state index >= 15 is 0 Å². The van der Waals surface area contributed by atoms with Crippen LogP contribution in [0.4, 0.5) is 0 Å². The first-order chi connectivity index (χ1) is 11.6. The van der Waals surface area contributed by atoms with Crippen LogP contribution in [0.25, 0.3) is 0 Å². The number of rotatable bonds is 4. The number of hydrogen-bond acceptors (Lipinski definition) is 4. The molecular weight excluding hydrogens is 449 g/mol.